The minimum Gasteiger partial charge on any atom is -0.352 e. The standard InChI is InChI=1S/C18H21N7O.2ClH/c1-24-12-14(9-23-24)15-10-19-11-16(15)18(26)21-8-13-3-5-20-17(7-13)25-6-2-4-22-25;;/h2-7,9,12,15-16,19H,8,10-11H2,1H3,(H,21,26);2*1H/t15-,16+;;/m1../s1. The molecule has 8 nitrogen and oxygen atoms in total. The molecular formula is C18H23Cl2N7O. The van der Waals surface area contributed by atoms with Gasteiger partial charge in [0.15, 0.2) is 5.82 Å². The lowest BCUT2D eigenvalue weighted by Crippen LogP contribution is -2.34. The first-order valence-electron chi connectivity index (χ1n) is 8.62. The lowest BCUT2D eigenvalue weighted by molar-refractivity contribution is -0.125. The fourth-order valence-electron chi connectivity index (χ4n) is 3.36. The molecule has 0 radical (unpaired) electrons. The summed E-state index contributed by atoms with van der Waals surface area (Å²) < 4.78 is 3.47. The molecule has 1 saturated heterocycles. The van der Waals surface area contributed by atoms with Crippen molar-refractivity contribution in [3.63, 3.8) is 0 Å². The normalized spacial score (nSPS) is 18.2. The van der Waals surface area contributed by atoms with E-state index in [1.54, 1.807) is 21.8 Å². The molecule has 2 atom stereocenters. The van der Waals surface area contributed by atoms with Crippen molar-refractivity contribution in [2.45, 2.75) is 12.5 Å². The molecule has 0 aliphatic carbocycles. The van der Waals surface area contributed by atoms with Gasteiger partial charge in [-0.1, -0.05) is 0 Å². The zero-order valence-corrected chi connectivity index (χ0v) is 17.0. The predicted octanol–water partition coefficient (Wildman–Crippen LogP) is 1.46. The number of rotatable bonds is 5. The zero-order valence-electron chi connectivity index (χ0n) is 15.4. The fourth-order valence-corrected chi connectivity index (χ4v) is 3.36. The fraction of sp³-hybridized carbons (Fsp3) is 0.333. The number of halogens is 2. The van der Waals surface area contributed by atoms with E-state index in [2.05, 4.69) is 25.8 Å². The van der Waals surface area contributed by atoms with E-state index in [1.165, 1.54) is 0 Å². The topological polar surface area (TPSA) is 89.7 Å². The Bertz CT molecular complexity index is 897. The lowest BCUT2D eigenvalue weighted by atomic mass is 9.90. The highest BCUT2D eigenvalue weighted by Gasteiger charge is 2.34. The summed E-state index contributed by atoms with van der Waals surface area (Å²) in [7, 11) is 1.89. The Morgan fingerprint density at radius 1 is 1.29 bits per heavy atom. The molecule has 28 heavy (non-hydrogen) atoms. The molecule has 4 rings (SSSR count). The third-order valence-electron chi connectivity index (χ3n) is 4.72. The number of pyridine rings is 1. The minimum absolute atomic E-state index is 0. The molecule has 4 heterocycles. The molecule has 1 aliphatic rings. The van der Waals surface area contributed by atoms with Crippen molar-refractivity contribution < 1.29 is 4.79 Å². The van der Waals surface area contributed by atoms with E-state index >= 15 is 0 Å². The van der Waals surface area contributed by atoms with E-state index < -0.39 is 0 Å². The number of aryl methyl sites for hydroxylation is 1. The average Bonchev–Trinajstić information content (AvgIpc) is 3.40. The SMILES string of the molecule is Cl.Cl.Cn1cc([C@H]2CNC[C@@H]2C(=O)NCc2ccnc(-n3cccn3)c2)cn1. The smallest absolute Gasteiger partial charge is 0.225 e. The Balaban J connectivity index is 0.00000140. The van der Waals surface area contributed by atoms with Gasteiger partial charge in [0.05, 0.1) is 12.1 Å². The number of carbonyl (C=O) groups excluding carboxylic acids is 1. The van der Waals surface area contributed by atoms with E-state index in [0.717, 1.165) is 23.5 Å². The highest BCUT2D eigenvalue weighted by Crippen LogP contribution is 2.27. The van der Waals surface area contributed by atoms with E-state index in [-0.39, 0.29) is 42.6 Å². The van der Waals surface area contributed by atoms with Crippen molar-refractivity contribution in [3.8, 4) is 5.82 Å². The number of hydrogen-bond donors (Lipinski definition) is 2. The van der Waals surface area contributed by atoms with Crippen LogP contribution >= 0.6 is 24.8 Å². The van der Waals surface area contributed by atoms with Crippen molar-refractivity contribution in [2.24, 2.45) is 13.0 Å². The summed E-state index contributed by atoms with van der Waals surface area (Å²) in [4.78, 5) is 17.0. The lowest BCUT2D eigenvalue weighted by Gasteiger charge is -2.17. The van der Waals surface area contributed by atoms with E-state index in [1.807, 2.05) is 43.8 Å². The molecule has 150 valence electrons. The predicted molar refractivity (Wildman–Crippen MR) is 110 cm³/mol. The van der Waals surface area contributed by atoms with Gasteiger partial charge in [-0.2, -0.15) is 10.2 Å². The molecule has 1 fully saturated rings. The molecule has 1 aliphatic heterocycles. The molecule has 10 heteroatoms. The van der Waals surface area contributed by atoms with Crippen LogP contribution in [0.2, 0.25) is 0 Å². The number of amides is 1. The molecule has 0 saturated carbocycles. The van der Waals surface area contributed by atoms with Gasteiger partial charge < -0.3 is 10.6 Å². The van der Waals surface area contributed by atoms with Crippen LogP contribution in [0.4, 0.5) is 0 Å². The second-order valence-corrected chi connectivity index (χ2v) is 6.51. The highest BCUT2D eigenvalue weighted by molar-refractivity contribution is 5.85. The summed E-state index contributed by atoms with van der Waals surface area (Å²) in [5, 5.41) is 14.8. The Morgan fingerprint density at radius 3 is 2.86 bits per heavy atom. The molecule has 2 N–H and O–H groups in total. The summed E-state index contributed by atoms with van der Waals surface area (Å²) in [5.74, 6) is 0.853. The minimum atomic E-state index is -0.0911. The Labute approximate surface area is 175 Å². The maximum absolute atomic E-state index is 12.7. The van der Waals surface area contributed by atoms with Crippen LogP contribution in [0.15, 0.2) is 49.2 Å². The van der Waals surface area contributed by atoms with Crippen LogP contribution < -0.4 is 10.6 Å². The van der Waals surface area contributed by atoms with Crippen molar-refractivity contribution in [3.05, 3.63) is 60.3 Å². The summed E-state index contributed by atoms with van der Waals surface area (Å²) in [5.41, 5.74) is 2.09. The first-order chi connectivity index (χ1) is 12.7. The number of nitrogens with zero attached hydrogens (tertiary/aromatic N) is 5. The Morgan fingerprint density at radius 2 is 2.14 bits per heavy atom. The maximum atomic E-state index is 12.7. The van der Waals surface area contributed by atoms with Crippen molar-refractivity contribution >= 4 is 30.7 Å². The van der Waals surface area contributed by atoms with Crippen LogP contribution in [-0.4, -0.2) is 43.5 Å². The second kappa shape index (κ2) is 9.68. The number of hydrogen-bond acceptors (Lipinski definition) is 5. The average molecular weight is 424 g/mol. The summed E-state index contributed by atoms with van der Waals surface area (Å²) in [6.45, 7) is 1.94. The van der Waals surface area contributed by atoms with Crippen LogP contribution in [0.3, 0.4) is 0 Å². The largest absolute Gasteiger partial charge is 0.352 e. The molecule has 0 spiro atoms. The number of carbonyl (C=O) groups is 1. The molecule has 0 bridgehead atoms. The maximum Gasteiger partial charge on any atom is 0.225 e. The molecule has 0 unspecified atom stereocenters. The molecule has 0 aromatic carbocycles. The first kappa shape index (κ1) is 21.9. The quantitative estimate of drug-likeness (QED) is 0.648. The van der Waals surface area contributed by atoms with Gasteiger partial charge in [0.2, 0.25) is 5.91 Å². The van der Waals surface area contributed by atoms with Crippen molar-refractivity contribution in [1.82, 2.24) is 35.2 Å². The first-order valence-corrected chi connectivity index (χ1v) is 8.62. The summed E-state index contributed by atoms with van der Waals surface area (Å²) in [6.07, 6.45) is 9.11. The van der Waals surface area contributed by atoms with Gasteiger partial charge in [-0.3, -0.25) is 9.48 Å². The summed E-state index contributed by atoms with van der Waals surface area (Å²) >= 11 is 0. The Kier molecular flexibility index (Phi) is 7.56. The van der Waals surface area contributed by atoms with E-state index in [0.29, 0.717) is 13.1 Å². The van der Waals surface area contributed by atoms with Gasteiger partial charge in [-0.05, 0) is 29.3 Å². The number of nitrogens with one attached hydrogen (secondary N) is 2. The van der Waals surface area contributed by atoms with Crippen molar-refractivity contribution in [1.29, 1.82) is 0 Å². The van der Waals surface area contributed by atoms with Crippen LogP contribution in [-0.2, 0) is 18.4 Å². The van der Waals surface area contributed by atoms with Gasteiger partial charge in [0, 0.05) is 57.4 Å². The monoisotopic (exact) mass is 423 g/mol. The van der Waals surface area contributed by atoms with Gasteiger partial charge in [-0.15, -0.1) is 24.8 Å². The van der Waals surface area contributed by atoms with Gasteiger partial charge in [0.1, 0.15) is 0 Å². The molecule has 3 aromatic rings. The van der Waals surface area contributed by atoms with Crippen LogP contribution in [0, 0.1) is 5.92 Å². The Hall–Kier alpha value is -2.42. The zero-order chi connectivity index (χ0) is 17.9. The van der Waals surface area contributed by atoms with E-state index in [9.17, 15) is 4.79 Å². The third-order valence-corrected chi connectivity index (χ3v) is 4.72. The van der Waals surface area contributed by atoms with Crippen LogP contribution in [0.1, 0.15) is 17.0 Å². The van der Waals surface area contributed by atoms with E-state index in [4.69, 9.17) is 0 Å². The highest BCUT2D eigenvalue weighted by atomic mass is 35.5. The summed E-state index contributed by atoms with van der Waals surface area (Å²) in [6, 6.07) is 5.68. The second-order valence-electron chi connectivity index (χ2n) is 6.51. The van der Waals surface area contributed by atoms with Crippen LogP contribution in [0.5, 0.6) is 0 Å². The molecular weight excluding hydrogens is 401 g/mol. The van der Waals surface area contributed by atoms with Gasteiger partial charge >= 0.3 is 0 Å². The van der Waals surface area contributed by atoms with Crippen molar-refractivity contribution in [2.75, 3.05) is 13.1 Å². The molecule has 3 aromatic heterocycles. The number of aromatic nitrogens is 5. The van der Waals surface area contributed by atoms with Crippen LogP contribution in [0.25, 0.3) is 5.82 Å². The third kappa shape index (κ3) is 4.70. The molecule has 1 amide bonds. The van der Waals surface area contributed by atoms with Gasteiger partial charge in [-0.25, -0.2) is 9.67 Å². The van der Waals surface area contributed by atoms with Gasteiger partial charge in [0.25, 0.3) is 0 Å².